The van der Waals surface area contributed by atoms with Crippen LogP contribution in [0.4, 0.5) is 11.4 Å². The molecule has 0 saturated heterocycles. The number of nitro groups is 2. The first kappa shape index (κ1) is 20.7. The Balaban J connectivity index is 1.83. The Morgan fingerprint density at radius 2 is 1.50 bits per heavy atom. The second-order valence-electron chi connectivity index (χ2n) is 6.95. The molecule has 0 amide bonds. The lowest BCUT2D eigenvalue weighted by Crippen LogP contribution is -2.31. The van der Waals surface area contributed by atoms with Gasteiger partial charge in [0.1, 0.15) is 0 Å². The summed E-state index contributed by atoms with van der Waals surface area (Å²) in [6.45, 7) is 3.85. The first-order valence-corrected chi connectivity index (χ1v) is 9.15. The van der Waals surface area contributed by atoms with E-state index in [0.717, 1.165) is 22.4 Å². The number of pyridine rings is 1. The minimum atomic E-state index is -0.490. The van der Waals surface area contributed by atoms with Gasteiger partial charge in [0.25, 0.3) is 11.4 Å². The Morgan fingerprint density at radius 3 is 2.03 bits per heavy atom. The molecule has 0 fully saturated rings. The van der Waals surface area contributed by atoms with Crippen LogP contribution in [-0.2, 0) is 6.42 Å². The summed E-state index contributed by atoms with van der Waals surface area (Å²) < 4.78 is 1.78. The molecule has 1 heterocycles. The highest BCUT2D eigenvalue weighted by atomic mass is 16.6. The molecule has 152 valence electrons. The highest BCUT2D eigenvalue weighted by Gasteiger charge is 2.14. The van der Waals surface area contributed by atoms with Gasteiger partial charge in [-0.2, -0.15) is 4.57 Å². The normalized spacial score (nSPS) is 11.3. The SMILES string of the molecule is Cc1c[n+](/C=C(\O)c2ccc([N+](=O)[O-])cc2)c(C)cc1Cc1ccc([N+](=O)[O-])cc1. The molecule has 8 heteroatoms. The molecule has 1 N–H and O–H groups in total. The number of benzene rings is 2. The molecule has 0 aliphatic heterocycles. The van der Waals surface area contributed by atoms with Gasteiger partial charge in [-0.05, 0) is 36.6 Å². The summed E-state index contributed by atoms with van der Waals surface area (Å²) in [6, 6.07) is 14.1. The lowest BCUT2D eigenvalue weighted by Gasteiger charge is -2.07. The maximum Gasteiger partial charge on any atom is 0.269 e. The molecular weight excluding hydrogens is 386 g/mol. The topological polar surface area (TPSA) is 110 Å². The molecule has 0 radical (unpaired) electrons. The molecule has 0 atom stereocenters. The number of aromatic nitrogens is 1. The number of aliphatic hydroxyl groups is 1. The van der Waals surface area contributed by atoms with E-state index in [0.29, 0.717) is 12.0 Å². The van der Waals surface area contributed by atoms with Crippen LogP contribution in [0.1, 0.15) is 27.9 Å². The van der Waals surface area contributed by atoms with Gasteiger partial charge in [-0.25, -0.2) is 0 Å². The average molecular weight is 406 g/mol. The maximum absolute atomic E-state index is 10.8. The zero-order chi connectivity index (χ0) is 21.8. The van der Waals surface area contributed by atoms with E-state index in [4.69, 9.17) is 0 Å². The summed E-state index contributed by atoms with van der Waals surface area (Å²) in [4.78, 5) is 20.6. The van der Waals surface area contributed by atoms with Gasteiger partial charge in [-0.15, -0.1) is 0 Å². The van der Waals surface area contributed by atoms with Gasteiger partial charge >= 0.3 is 0 Å². The smallest absolute Gasteiger partial charge is 0.269 e. The molecule has 0 bridgehead atoms. The van der Waals surface area contributed by atoms with Crippen LogP contribution in [0, 0.1) is 34.1 Å². The predicted molar refractivity (Wildman–Crippen MR) is 112 cm³/mol. The lowest BCUT2D eigenvalue weighted by atomic mass is 10.0. The third kappa shape index (κ3) is 4.67. The standard InChI is InChI=1S/C22H19N3O5/c1-15-13-23(14-22(26)18-5-9-21(10-6-18)25(29)30)16(2)11-19(15)12-17-3-7-20(8-4-17)24(27)28/h3-11,13-14H,12H2,1-2H3/p+1/b22-14-. The van der Waals surface area contributed by atoms with E-state index in [-0.39, 0.29) is 17.1 Å². The van der Waals surface area contributed by atoms with Crippen molar-refractivity contribution in [1.82, 2.24) is 0 Å². The fraction of sp³-hybridized carbons (Fsp3) is 0.136. The van der Waals surface area contributed by atoms with E-state index < -0.39 is 9.85 Å². The Bertz CT molecular complexity index is 1140. The number of hydrogen-bond donors (Lipinski definition) is 1. The number of rotatable bonds is 6. The predicted octanol–water partition coefficient (Wildman–Crippen LogP) is 4.51. The Labute approximate surface area is 172 Å². The van der Waals surface area contributed by atoms with Crippen LogP contribution in [0.25, 0.3) is 12.0 Å². The molecule has 0 aliphatic carbocycles. The van der Waals surface area contributed by atoms with Crippen molar-refractivity contribution in [1.29, 1.82) is 0 Å². The van der Waals surface area contributed by atoms with Gasteiger partial charge in [0, 0.05) is 48.4 Å². The van der Waals surface area contributed by atoms with Crippen molar-refractivity contribution in [3.05, 3.63) is 109 Å². The number of non-ortho nitro benzene ring substituents is 2. The van der Waals surface area contributed by atoms with Gasteiger partial charge in [0.15, 0.2) is 17.6 Å². The quantitative estimate of drug-likeness (QED) is 0.280. The Morgan fingerprint density at radius 1 is 0.967 bits per heavy atom. The molecule has 3 aromatic rings. The van der Waals surface area contributed by atoms with Crippen LogP contribution in [0.15, 0.2) is 60.8 Å². The summed E-state index contributed by atoms with van der Waals surface area (Å²) in [5.41, 5.74) is 4.40. The van der Waals surface area contributed by atoms with Crippen molar-refractivity contribution in [3.8, 4) is 0 Å². The molecule has 0 aliphatic rings. The largest absolute Gasteiger partial charge is 0.502 e. The van der Waals surface area contributed by atoms with Crippen LogP contribution in [-0.4, -0.2) is 15.0 Å². The summed E-state index contributed by atoms with van der Waals surface area (Å²) in [5.74, 6) is -0.0134. The van der Waals surface area contributed by atoms with E-state index in [1.165, 1.54) is 36.4 Å². The summed E-state index contributed by atoms with van der Waals surface area (Å²) >= 11 is 0. The third-order valence-corrected chi connectivity index (χ3v) is 4.81. The highest BCUT2D eigenvalue weighted by molar-refractivity contribution is 5.66. The molecule has 2 aromatic carbocycles. The maximum atomic E-state index is 10.8. The van der Waals surface area contributed by atoms with Crippen LogP contribution in [0.5, 0.6) is 0 Å². The summed E-state index contributed by atoms with van der Waals surface area (Å²) in [7, 11) is 0. The molecule has 30 heavy (non-hydrogen) atoms. The molecule has 0 unspecified atom stereocenters. The number of aliphatic hydroxyl groups excluding tert-OH is 1. The number of nitro benzene ring substituents is 2. The summed E-state index contributed by atoms with van der Waals surface area (Å²) in [5, 5.41) is 32.0. The van der Waals surface area contributed by atoms with Gasteiger partial charge in [-0.3, -0.25) is 20.2 Å². The molecule has 0 saturated carbocycles. The minimum Gasteiger partial charge on any atom is -0.502 e. The lowest BCUT2D eigenvalue weighted by molar-refractivity contribution is -0.576. The van der Waals surface area contributed by atoms with Crippen LogP contribution < -0.4 is 4.57 Å². The Hall–Kier alpha value is -4.07. The van der Waals surface area contributed by atoms with Crippen molar-refractivity contribution < 1.29 is 19.5 Å². The molecule has 1 aromatic heterocycles. The van der Waals surface area contributed by atoms with E-state index in [1.807, 2.05) is 26.1 Å². The fourth-order valence-electron chi connectivity index (χ4n) is 3.08. The number of nitrogens with zero attached hydrogens (tertiary/aromatic N) is 3. The summed E-state index contributed by atoms with van der Waals surface area (Å²) in [6.07, 6.45) is 4.07. The van der Waals surface area contributed by atoms with Gasteiger partial charge < -0.3 is 5.11 Å². The average Bonchev–Trinajstić information content (AvgIpc) is 2.72. The zero-order valence-corrected chi connectivity index (χ0v) is 16.5. The third-order valence-electron chi connectivity index (χ3n) is 4.81. The number of aryl methyl sites for hydroxylation is 2. The van der Waals surface area contributed by atoms with Gasteiger partial charge in [-0.1, -0.05) is 12.1 Å². The molecular formula is C22H20N3O5+. The van der Waals surface area contributed by atoms with Crippen molar-refractivity contribution in [3.63, 3.8) is 0 Å². The molecule has 8 nitrogen and oxygen atoms in total. The van der Waals surface area contributed by atoms with Crippen molar-refractivity contribution >= 4 is 23.3 Å². The van der Waals surface area contributed by atoms with E-state index in [2.05, 4.69) is 0 Å². The second-order valence-corrected chi connectivity index (χ2v) is 6.95. The highest BCUT2D eigenvalue weighted by Crippen LogP contribution is 2.19. The van der Waals surface area contributed by atoms with Gasteiger partial charge in [0.2, 0.25) is 6.20 Å². The van der Waals surface area contributed by atoms with Crippen LogP contribution >= 0.6 is 0 Å². The van der Waals surface area contributed by atoms with Crippen LogP contribution in [0.2, 0.25) is 0 Å². The first-order chi connectivity index (χ1) is 14.2. The molecule has 3 rings (SSSR count). The minimum absolute atomic E-state index is 0.0134. The van der Waals surface area contributed by atoms with Crippen LogP contribution in [0.3, 0.4) is 0 Å². The monoisotopic (exact) mass is 406 g/mol. The second kappa shape index (κ2) is 8.52. The van der Waals surface area contributed by atoms with E-state index >= 15 is 0 Å². The number of hydrogen-bond acceptors (Lipinski definition) is 5. The first-order valence-electron chi connectivity index (χ1n) is 9.15. The van der Waals surface area contributed by atoms with E-state index in [1.54, 1.807) is 22.9 Å². The Kier molecular flexibility index (Phi) is 5.87. The molecule has 0 spiro atoms. The van der Waals surface area contributed by atoms with Gasteiger partial charge in [0.05, 0.1) is 9.85 Å². The van der Waals surface area contributed by atoms with E-state index in [9.17, 15) is 25.3 Å². The van der Waals surface area contributed by atoms with Crippen molar-refractivity contribution in [2.75, 3.05) is 0 Å². The zero-order valence-electron chi connectivity index (χ0n) is 16.5. The van der Waals surface area contributed by atoms with Crippen molar-refractivity contribution in [2.24, 2.45) is 0 Å². The van der Waals surface area contributed by atoms with Crippen molar-refractivity contribution in [2.45, 2.75) is 20.3 Å². The fourth-order valence-corrected chi connectivity index (χ4v) is 3.08.